The lowest BCUT2D eigenvalue weighted by Crippen LogP contribution is -2.18. The Morgan fingerprint density at radius 3 is 2.52 bits per heavy atom. The smallest absolute Gasteiger partial charge is 0.293 e. The molecule has 0 atom stereocenters. The summed E-state index contributed by atoms with van der Waals surface area (Å²) in [5, 5.41) is 6.01. The van der Waals surface area contributed by atoms with Crippen molar-refractivity contribution in [3.63, 3.8) is 0 Å². The van der Waals surface area contributed by atoms with Crippen molar-refractivity contribution in [1.29, 1.82) is 0 Å². The summed E-state index contributed by atoms with van der Waals surface area (Å²) in [6.07, 6.45) is 6.07. The van der Waals surface area contributed by atoms with Gasteiger partial charge in [-0.25, -0.2) is 4.39 Å². The lowest BCUT2D eigenvalue weighted by Gasteiger charge is -2.10. The lowest BCUT2D eigenvalue weighted by molar-refractivity contribution is -0.116. The Bertz CT molecular complexity index is 1040. The summed E-state index contributed by atoms with van der Waals surface area (Å²) in [6, 6.07) is 13.0. The largest absolute Gasteiger partial charge is 0.449 e. The summed E-state index contributed by atoms with van der Waals surface area (Å²) in [4.78, 5) is 25.3. The fraction of sp³-hybridized carbons (Fsp3) is 0.304. The molecule has 2 N–H and O–H groups in total. The van der Waals surface area contributed by atoms with Crippen molar-refractivity contribution in [3.8, 4) is 0 Å². The molecule has 6 heteroatoms. The Morgan fingerprint density at radius 1 is 1.00 bits per heavy atom. The van der Waals surface area contributed by atoms with Crippen LogP contribution in [0.1, 0.15) is 49.1 Å². The molecule has 4 rings (SSSR count). The number of anilines is 2. The molecule has 1 aromatic heterocycles. The standard InChI is InChI=1S/C23H23FN2O3/c24-17-10-4-5-11-18(17)25-23(28)22-21(16-9-3-6-12-19(16)29-22)26-20(27)14-13-15-7-1-2-8-15/h3-6,9-12,15H,1-2,7-8,13-14H2,(H,25,28)(H,26,27). The number of fused-ring (bicyclic) bond motifs is 1. The number of para-hydroxylation sites is 2. The molecule has 1 fully saturated rings. The zero-order valence-corrected chi connectivity index (χ0v) is 16.0. The zero-order valence-electron chi connectivity index (χ0n) is 16.0. The summed E-state index contributed by atoms with van der Waals surface area (Å²) in [7, 11) is 0. The number of carbonyl (C=O) groups is 2. The first kappa shape index (κ1) is 19.2. The van der Waals surface area contributed by atoms with E-state index in [9.17, 15) is 14.0 Å². The molecule has 1 saturated carbocycles. The van der Waals surface area contributed by atoms with E-state index in [1.54, 1.807) is 30.3 Å². The Kier molecular flexibility index (Phi) is 5.60. The van der Waals surface area contributed by atoms with Gasteiger partial charge in [-0.1, -0.05) is 49.9 Å². The molecule has 2 aromatic carbocycles. The first-order chi connectivity index (χ1) is 14.1. The molecule has 0 spiro atoms. The van der Waals surface area contributed by atoms with Crippen LogP contribution in [0.5, 0.6) is 0 Å². The average Bonchev–Trinajstić information content (AvgIpc) is 3.36. The SMILES string of the molecule is O=C(CCC1CCCC1)Nc1c(C(=O)Nc2ccccc2F)oc2ccccc12. The fourth-order valence-electron chi connectivity index (χ4n) is 3.91. The summed E-state index contributed by atoms with van der Waals surface area (Å²) >= 11 is 0. The van der Waals surface area contributed by atoms with Gasteiger partial charge in [0.05, 0.1) is 5.69 Å². The van der Waals surface area contributed by atoms with E-state index in [2.05, 4.69) is 10.6 Å². The Balaban J connectivity index is 1.56. The van der Waals surface area contributed by atoms with Crippen molar-refractivity contribution in [2.24, 2.45) is 5.92 Å². The number of hydrogen-bond donors (Lipinski definition) is 2. The van der Waals surface area contributed by atoms with Gasteiger partial charge in [-0.15, -0.1) is 0 Å². The number of furan rings is 1. The maximum absolute atomic E-state index is 13.9. The lowest BCUT2D eigenvalue weighted by atomic mass is 10.0. The van der Waals surface area contributed by atoms with Crippen LogP contribution in [0.4, 0.5) is 15.8 Å². The van der Waals surface area contributed by atoms with Gasteiger partial charge in [0, 0.05) is 11.8 Å². The van der Waals surface area contributed by atoms with E-state index in [-0.39, 0.29) is 17.4 Å². The molecule has 5 nitrogen and oxygen atoms in total. The van der Waals surface area contributed by atoms with Gasteiger partial charge >= 0.3 is 0 Å². The normalized spacial score (nSPS) is 14.2. The van der Waals surface area contributed by atoms with Crippen LogP contribution in [-0.2, 0) is 4.79 Å². The molecular weight excluding hydrogens is 371 g/mol. The maximum atomic E-state index is 13.9. The van der Waals surface area contributed by atoms with Crippen LogP contribution < -0.4 is 10.6 Å². The highest BCUT2D eigenvalue weighted by atomic mass is 19.1. The molecule has 3 aromatic rings. The highest BCUT2D eigenvalue weighted by molar-refractivity contribution is 6.14. The summed E-state index contributed by atoms with van der Waals surface area (Å²) in [6.45, 7) is 0. The molecule has 0 bridgehead atoms. The van der Waals surface area contributed by atoms with E-state index in [1.807, 2.05) is 6.07 Å². The number of rotatable bonds is 6. The van der Waals surface area contributed by atoms with Gasteiger partial charge in [0.15, 0.2) is 0 Å². The Labute approximate surface area is 168 Å². The van der Waals surface area contributed by atoms with Gasteiger partial charge in [0.25, 0.3) is 5.91 Å². The maximum Gasteiger partial charge on any atom is 0.293 e. The topological polar surface area (TPSA) is 71.3 Å². The summed E-state index contributed by atoms with van der Waals surface area (Å²) in [5.41, 5.74) is 0.861. The van der Waals surface area contributed by atoms with Crippen molar-refractivity contribution >= 4 is 34.2 Å². The molecule has 0 saturated heterocycles. The second kappa shape index (κ2) is 8.47. The molecule has 2 amide bonds. The van der Waals surface area contributed by atoms with E-state index in [0.29, 0.717) is 29.0 Å². The van der Waals surface area contributed by atoms with Crippen LogP contribution in [0, 0.1) is 11.7 Å². The average molecular weight is 394 g/mol. The molecule has 29 heavy (non-hydrogen) atoms. The quantitative estimate of drug-likeness (QED) is 0.561. The number of hydrogen-bond acceptors (Lipinski definition) is 3. The van der Waals surface area contributed by atoms with Crippen LogP contribution in [0.15, 0.2) is 52.9 Å². The van der Waals surface area contributed by atoms with Gasteiger partial charge in [-0.3, -0.25) is 9.59 Å². The Hall–Kier alpha value is -3.15. The Morgan fingerprint density at radius 2 is 1.72 bits per heavy atom. The molecule has 1 heterocycles. The monoisotopic (exact) mass is 394 g/mol. The van der Waals surface area contributed by atoms with Gasteiger partial charge in [-0.2, -0.15) is 0 Å². The van der Waals surface area contributed by atoms with Gasteiger partial charge in [-0.05, 0) is 36.6 Å². The number of halogens is 1. The molecule has 0 radical (unpaired) electrons. The van der Waals surface area contributed by atoms with E-state index in [0.717, 1.165) is 6.42 Å². The van der Waals surface area contributed by atoms with Crippen LogP contribution in [0.3, 0.4) is 0 Å². The highest BCUT2D eigenvalue weighted by Crippen LogP contribution is 2.33. The molecule has 1 aliphatic rings. The van der Waals surface area contributed by atoms with Gasteiger partial charge in [0.1, 0.15) is 17.1 Å². The fourth-order valence-corrected chi connectivity index (χ4v) is 3.91. The minimum Gasteiger partial charge on any atom is -0.449 e. The number of nitrogens with one attached hydrogen (secondary N) is 2. The van der Waals surface area contributed by atoms with Crippen molar-refractivity contribution in [2.45, 2.75) is 38.5 Å². The van der Waals surface area contributed by atoms with Gasteiger partial charge in [0.2, 0.25) is 11.7 Å². The van der Waals surface area contributed by atoms with E-state index in [1.165, 1.54) is 37.8 Å². The highest BCUT2D eigenvalue weighted by Gasteiger charge is 2.23. The van der Waals surface area contributed by atoms with Crippen LogP contribution >= 0.6 is 0 Å². The van der Waals surface area contributed by atoms with E-state index >= 15 is 0 Å². The third kappa shape index (κ3) is 4.31. The third-order valence-electron chi connectivity index (χ3n) is 5.44. The number of benzene rings is 2. The minimum atomic E-state index is -0.614. The van der Waals surface area contributed by atoms with Crippen LogP contribution in [-0.4, -0.2) is 11.8 Å². The molecule has 1 aliphatic carbocycles. The molecule has 0 unspecified atom stereocenters. The van der Waals surface area contributed by atoms with Crippen LogP contribution in [0.2, 0.25) is 0 Å². The van der Waals surface area contributed by atoms with Gasteiger partial charge < -0.3 is 15.1 Å². The third-order valence-corrected chi connectivity index (χ3v) is 5.44. The molecule has 0 aliphatic heterocycles. The first-order valence-corrected chi connectivity index (χ1v) is 9.99. The predicted octanol–water partition coefficient (Wildman–Crippen LogP) is 5.73. The molecule has 150 valence electrons. The molecular formula is C23H23FN2O3. The van der Waals surface area contributed by atoms with Crippen molar-refractivity contribution in [1.82, 2.24) is 0 Å². The van der Waals surface area contributed by atoms with E-state index in [4.69, 9.17) is 4.42 Å². The van der Waals surface area contributed by atoms with Crippen molar-refractivity contribution in [2.75, 3.05) is 10.6 Å². The predicted molar refractivity (Wildman–Crippen MR) is 110 cm³/mol. The summed E-state index contributed by atoms with van der Waals surface area (Å²) < 4.78 is 19.6. The van der Waals surface area contributed by atoms with Crippen molar-refractivity contribution < 1.29 is 18.4 Å². The van der Waals surface area contributed by atoms with Crippen molar-refractivity contribution in [3.05, 3.63) is 60.1 Å². The first-order valence-electron chi connectivity index (χ1n) is 9.99. The second-order valence-corrected chi connectivity index (χ2v) is 7.47. The minimum absolute atomic E-state index is 0.0383. The zero-order chi connectivity index (χ0) is 20.2. The summed E-state index contributed by atoms with van der Waals surface area (Å²) in [5.74, 6) is -0.741. The number of amides is 2. The second-order valence-electron chi connectivity index (χ2n) is 7.47. The van der Waals surface area contributed by atoms with Crippen LogP contribution in [0.25, 0.3) is 11.0 Å². The number of carbonyl (C=O) groups excluding carboxylic acids is 2. The van der Waals surface area contributed by atoms with E-state index < -0.39 is 11.7 Å².